The minimum absolute atomic E-state index is 0.300. The predicted molar refractivity (Wildman–Crippen MR) is 118 cm³/mol. The SMILES string of the molecule is O=C[C@H](CCc1ccccc1)NC(=O)[C@H](Cc1ccccc1)NC(=O)N1CCOCC1. The fourth-order valence-corrected chi connectivity index (χ4v) is 3.49. The first-order chi connectivity index (χ1) is 15.2. The van der Waals surface area contributed by atoms with Crippen LogP contribution in [0.3, 0.4) is 0 Å². The topological polar surface area (TPSA) is 87.7 Å². The van der Waals surface area contributed by atoms with Crippen LogP contribution in [0.25, 0.3) is 0 Å². The van der Waals surface area contributed by atoms with E-state index >= 15 is 0 Å². The Bertz CT molecular complexity index is 838. The van der Waals surface area contributed by atoms with Crippen molar-refractivity contribution in [2.24, 2.45) is 0 Å². The van der Waals surface area contributed by atoms with E-state index in [1.165, 1.54) is 0 Å². The number of nitrogens with zero attached hydrogens (tertiary/aromatic N) is 1. The van der Waals surface area contributed by atoms with Crippen LogP contribution in [0.1, 0.15) is 17.5 Å². The molecule has 1 aliphatic rings. The Morgan fingerprint density at radius 1 is 0.935 bits per heavy atom. The lowest BCUT2D eigenvalue weighted by Gasteiger charge is -2.29. The fourth-order valence-electron chi connectivity index (χ4n) is 3.49. The zero-order chi connectivity index (χ0) is 21.9. The molecule has 7 nitrogen and oxygen atoms in total. The lowest BCUT2D eigenvalue weighted by Crippen LogP contribution is -2.55. The number of aryl methyl sites for hydroxylation is 1. The minimum atomic E-state index is -0.781. The summed E-state index contributed by atoms with van der Waals surface area (Å²) in [4.78, 5) is 38.9. The third-order valence-corrected chi connectivity index (χ3v) is 5.27. The number of urea groups is 1. The number of aldehydes is 1. The summed E-state index contributed by atoms with van der Waals surface area (Å²) in [5.41, 5.74) is 2.03. The number of hydrogen-bond donors (Lipinski definition) is 2. The van der Waals surface area contributed by atoms with Crippen LogP contribution in [0, 0.1) is 0 Å². The van der Waals surface area contributed by atoms with E-state index in [-0.39, 0.29) is 11.9 Å². The monoisotopic (exact) mass is 423 g/mol. The largest absolute Gasteiger partial charge is 0.378 e. The fraction of sp³-hybridized carbons (Fsp3) is 0.375. The molecule has 0 radical (unpaired) electrons. The Morgan fingerprint density at radius 3 is 2.16 bits per heavy atom. The molecule has 1 heterocycles. The van der Waals surface area contributed by atoms with Gasteiger partial charge in [-0.3, -0.25) is 4.79 Å². The number of benzene rings is 2. The van der Waals surface area contributed by atoms with Crippen molar-refractivity contribution in [1.29, 1.82) is 0 Å². The van der Waals surface area contributed by atoms with Crippen LogP contribution in [0.15, 0.2) is 60.7 Å². The Hall–Kier alpha value is -3.19. The van der Waals surface area contributed by atoms with E-state index in [1.807, 2.05) is 60.7 Å². The quantitative estimate of drug-likeness (QED) is 0.604. The molecule has 7 heteroatoms. The van der Waals surface area contributed by atoms with Gasteiger partial charge in [0.25, 0.3) is 0 Å². The van der Waals surface area contributed by atoms with Crippen molar-refractivity contribution >= 4 is 18.2 Å². The molecule has 0 spiro atoms. The van der Waals surface area contributed by atoms with Gasteiger partial charge in [0.2, 0.25) is 5.91 Å². The van der Waals surface area contributed by atoms with Crippen molar-refractivity contribution in [2.75, 3.05) is 26.3 Å². The zero-order valence-corrected chi connectivity index (χ0v) is 17.5. The molecule has 3 rings (SSSR count). The summed E-state index contributed by atoms with van der Waals surface area (Å²) in [5, 5.41) is 5.64. The average molecular weight is 424 g/mol. The Balaban J connectivity index is 1.63. The van der Waals surface area contributed by atoms with Gasteiger partial charge in [-0.25, -0.2) is 4.79 Å². The molecule has 1 saturated heterocycles. The van der Waals surface area contributed by atoms with E-state index in [1.54, 1.807) is 4.90 Å². The maximum absolute atomic E-state index is 13.0. The molecule has 2 aromatic rings. The van der Waals surface area contributed by atoms with Crippen LogP contribution in [0.4, 0.5) is 4.79 Å². The van der Waals surface area contributed by atoms with Gasteiger partial charge in [0, 0.05) is 19.5 Å². The van der Waals surface area contributed by atoms with Crippen molar-refractivity contribution in [1.82, 2.24) is 15.5 Å². The molecule has 1 fully saturated rings. The van der Waals surface area contributed by atoms with Gasteiger partial charge in [-0.15, -0.1) is 0 Å². The second kappa shape index (κ2) is 11.9. The minimum Gasteiger partial charge on any atom is -0.378 e. The van der Waals surface area contributed by atoms with Gasteiger partial charge in [0.1, 0.15) is 12.3 Å². The third-order valence-electron chi connectivity index (χ3n) is 5.27. The number of carbonyl (C=O) groups excluding carboxylic acids is 3. The number of morpholine rings is 1. The number of ether oxygens (including phenoxy) is 1. The highest BCUT2D eigenvalue weighted by Gasteiger charge is 2.26. The summed E-state index contributed by atoms with van der Waals surface area (Å²) >= 11 is 0. The Morgan fingerprint density at radius 2 is 1.55 bits per heavy atom. The molecule has 2 aromatic carbocycles. The normalized spacial score (nSPS) is 15.5. The van der Waals surface area contributed by atoms with Gasteiger partial charge in [0.15, 0.2) is 0 Å². The van der Waals surface area contributed by atoms with Crippen LogP contribution in [0.2, 0.25) is 0 Å². The highest BCUT2D eigenvalue weighted by Crippen LogP contribution is 2.08. The van der Waals surface area contributed by atoms with Crippen LogP contribution in [0.5, 0.6) is 0 Å². The summed E-state index contributed by atoms with van der Waals surface area (Å²) in [7, 11) is 0. The van der Waals surface area contributed by atoms with Crippen LogP contribution in [-0.4, -0.2) is 61.5 Å². The highest BCUT2D eigenvalue weighted by molar-refractivity contribution is 5.89. The summed E-state index contributed by atoms with van der Waals surface area (Å²) in [6.45, 7) is 1.93. The molecule has 0 unspecified atom stereocenters. The molecule has 2 N–H and O–H groups in total. The molecule has 1 aliphatic heterocycles. The second-order valence-corrected chi connectivity index (χ2v) is 7.57. The number of hydrogen-bond acceptors (Lipinski definition) is 4. The summed E-state index contributed by atoms with van der Waals surface area (Å²) in [6.07, 6.45) is 2.26. The lowest BCUT2D eigenvalue weighted by molar-refractivity contribution is -0.125. The number of carbonyl (C=O) groups is 3. The maximum atomic E-state index is 13.0. The van der Waals surface area contributed by atoms with Crippen molar-refractivity contribution in [3.05, 3.63) is 71.8 Å². The number of amides is 3. The van der Waals surface area contributed by atoms with Crippen LogP contribution < -0.4 is 10.6 Å². The first-order valence-corrected chi connectivity index (χ1v) is 10.6. The van der Waals surface area contributed by atoms with Crippen LogP contribution >= 0.6 is 0 Å². The highest BCUT2D eigenvalue weighted by atomic mass is 16.5. The molecule has 31 heavy (non-hydrogen) atoms. The van der Waals surface area contributed by atoms with E-state index in [9.17, 15) is 14.4 Å². The molecule has 0 saturated carbocycles. The lowest BCUT2D eigenvalue weighted by atomic mass is 10.0. The molecular weight excluding hydrogens is 394 g/mol. The Labute approximate surface area is 182 Å². The second-order valence-electron chi connectivity index (χ2n) is 7.57. The van der Waals surface area contributed by atoms with E-state index in [0.717, 1.165) is 17.4 Å². The molecule has 164 valence electrons. The van der Waals surface area contributed by atoms with Crippen molar-refractivity contribution in [3.8, 4) is 0 Å². The summed E-state index contributed by atoms with van der Waals surface area (Å²) in [6, 6.07) is 17.6. The molecule has 2 atom stereocenters. The Kier molecular flexibility index (Phi) is 8.60. The van der Waals surface area contributed by atoms with Gasteiger partial charge in [-0.1, -0.05) is 60.7 Å². The number of rotatable bonds is 9. The molecule has 0 aliphatic carbocycles. The standard InChI is InChI=1S/C24H29N3O4/c28-18-21(12-11-19-7-3-1-4-8-19)25-23(29)22(17-20-9-5-2-6-10-20)26-24(30)27-13-15-31-16-14-27/h1-10,18,21-22H,11-17H2,(H,25,29)(H,26,30)/t21-,22-/m0/s1. The van der Waals surface area contributed by atoms with E-state index in [0.29, 0.717) is 45.6 Å². The van der Waals surface area contributed by atoms with E-state index in [4.69, 9.17) is 4.74 Å². The van der Waals surface area contributed by atoms with Crippen LogP contribution in [-0.2, 0) is 27.2 Å². The molecule has 0 bridgehead atoms. The first kappa shape index (κ1) is 22.5. The van der Waals surface area contributed by atoms with Crippen molar-refractivity contribution in [3.63, 3.8) is 0 Å². The van der Waals surface area contributed by atoms with E-state index < -0.39 is 12.1 Å². The van der Waals surface area contributed by atoms with Gasteiger partial charge >= 0.3 is 6.03 Å². The van der Waals surface area contributed by atoms with Gasteiger partial charge in [-0.05, 0) is 24.0 Å². The zero-order valence-electron chi connectivity index (χ0n) is 17.5. The maximum Gasteiger partial charge on any atom is 0.318 e. The van der Waals surface area contributed by atoms with Gasteiger partial charge in [-0.2, -0.15) is 0 Å². The van der Waals surface area contributed by atoms with E-state index in [2.05, 4.69) is 10.6 Å². The summed E-state index contributed by atoms with van der Waals surface area (Å²) < 4.78 is 5.29. The average Bonchev–Trinajstić information content (AvgIpc) is 2.83. The van der Waals surface area contributed by atoms with Crippen molar-refractivity contribution in [2.45, 2.75) is 31.3 Å². The molecule has 3 amide bonds. The van der Waals surface area contributed by atoms with Crippen molar-refractivity contribution < 1.29 is 19.1 Å². The van der Waals surface area contributed by atoms with Gasteiger partial charge < -0.3 is 25.1 Å². The first-order valence-electron chi connectivity index (χ1n) is 10.6. The number of nitrogens with one attached hydrogen (secondary N) is 2. The molecule has 0 aromatic heterocycles. The smallest absolute Gasteiger partial charge is 0.318 e. The molecular formula is C24H29N3O4. The predicted octanol–water partition coefficient (Wildman–Crippen LogP) is 1.96. The van der Waals surface area contributed by atoms with Gasteiger partial charge in [0.05, 0.1) is 19.3 Å². The summed E-state index contributed by atoms with van der Waals surface area (Å²) in [5.74, 6) is -0.365. The third kappa shape index (κ3) is 7.22.